The van der Waals surface area contributed by atoms with Crippen LogP contribution in [0.2, 0.25) is 0 Å². The van der Waals surface area contributed by atoms with E-state index in [4.69, 9.17) is 0 Å². The Hall–Kier alpha value is -2.56. The molecular weight excluding hydrogens is 302 g/mol. The summed E-state index contributed by atoms with van der Waals surface area (Å²) >= 11 is 0. The smallest absolute Gasteiger partial charge is 0.253 e. The van der Waals surface area contributed by atoms with Gasteiger partial charge in [-0.05, 0) is 48.7 Å². The minimum atomic E-state index is 0.0517. The van der Waals surface area contributed by atoms with Crippen molar-refractivity contribution in [2.45, 2.75) is 20.3 Å². The lowest BCUT2D eigenvalue weighted by atomic mass is 10.1. The average Bonchev–Trinajstić information content (AvgIpc) is 3.10. The molecule has 0 bridgehead atoms. The molecule has 0 atom stereocenters. The lowest BCUT2D eigenvalue weighted by Crippen LogP contribution is -2.51. The summed E-state index contributed by atoms with van der Waals surface area (Å²) in [6, 6.07) is 7.73. The lowest BCUT2D eigenvalue weighted by Gasteiger charge is -2.35. The van der Waals surface area contributed by atoms with Gasteiger partial charge >= 0.3 is 0 Å². The van der Waals surface area contributed by atoms with Crippen LogP contribution in [0.3, 0.4) is 0 Å². The molecule has 126 valence electrons. The van der Waals surface area contributed by atoms with E-state index in [9.17, 15) is 9.59 Å². The van der Waals surface area contributed by atoms with E-state index in [-0.39, 0.29) is 11.8 Å². The molecule has 0 saturated carbocycles. The van der Waals surface area contributed by atoms with Crippen molar-refractivity contribution in [3.8, 4) is 0 Å². The van der Waals surface area contributed by atoms with Crippen molar-refractivity contribution in [1.82, 2.24) is 14.8 Å². The van der Waals surface area contributed by atoms with Gasteiger partial charge in [0.15, 0.2) is 0 Å². The molecule has 2 heterocycles. The van der Waals surface area contributed by atoms with Crippen LogP contribution in [-0.4, -0.2) is 52.8 Å². The second-order valence-electron chi connectivity index (χ2n) is 6.37. The molecule has 3 rings (SSSR count). The standard InChI is InChI=1S/C19H23N3O2/c1-14-3-4-17(11-15(14)2)19(24)22-9-7-21(8-10-22)18(23)12-16-5-6-20-13-16/h3-6,11,13,20H,7-10,12H2,1-2H3. The van der Waals surface area contributed by atoms with Crippen LogP contribution < -0.4 is 0 Å². The van der Waals surface area contributed by atoms with Crippen molar-refractivity contribution in [3.05, 3.63) is 58.9 Å². The number of carbonyl (C=O) groups excluding carboxylic acids is 2. The summed E-state index contributed by atoms with van der Waals surface area (Å²) < 4.78 is 0. The Bertz CT molecular complexity index is 729. The third kappa shape index (κ3) is 3.50. The summed E-state index contributed by atoms with van der Waals surface area (Å²) in [5.41, 5.74) is 4.03. The van der Waals surface area contributed by atoms with E-state index >= 15 is 0 Å². The van der Waals surface area contributed by atoms with Gasteiger partial charge in [0.25, 0.3) is 5.91 Å². The van der Waals surface area contributed by atoms with Gasteiger partial charge in [-0.2, -0.15) is 0 Å². The lowest BCUT2D eigenvalue weighted by molar-refractivity contribution is -0.131. The second kappa shape index (κ2) is 6.91. The van der Waals surface area contributed by atoms with Crippen LogP contribution in [0.4, 0.5) is 0 Å². The predicted molar refractivity (Wildman–Crippen MR) is 92.9 cm³/mol. The summed E-state index contributed by atoms with van der Waals surface area (Å²) in [6.07, 6.45) is 4.08. The Kier molecular flexibility index (Phi) is 4.69. The van der Waals surface area contributed by atoms with Crippen LogP contribution in [0.1, 0.15) is 27.0 Å². The molecular formula is C19H23N3O2. The largest absolute Gasteiger partial charge is 0.367 e. The maximum Gasteiger partial charge on any atom is 0.253 e. The van der Waals surface area contributed by atoms with Crippen molar-refractivity contribution < 1.29 is 9.59 Å². The van der Waals surface area contributed by atoms with Crippen molar-refractivity contribution in [3.63, 3.8) is 0 Å². The van der Waals surface area contributed by atoms with Gasteiger partial charge in [0.05, 0.1) is 6.42 Å². The normalized spacial score (nSPS) is 14.8. The molecule has 1 aliphatic rings. The number of benzene rings is 1. The van der Waals surface area contributed by atoms with Crippen LogP contribution in [0.25, 0.3) is 0 Å². The molecule has 0 aliphatic carbocycles. The molecule has 1 aromatic heterocycles. The van der Waals surface area contributed by atoms with Gasteiger partial charge in [0, 0.05) is 44.1 Å². The minimum absolute atomic E-state index is 0.0517. The van der Waals surface area contributed by atoms with E-state index in [1.54, 1.807) is 0 Å². The zero-order valence-corrected chi connectivity index (χ0v) is 14.2. The number of nitrogens with one attached hydrogen (secondary N) is 1. The number of amides is 2. The Balaban J connectivity index is 1.57. The highest BCUT2D eigenvalue weighted by Gasteiger charge is 2.25. The number of hydrogen-bond acceptors (Lipinski definition) is 2. The number of nitrogens with zero attached hydrogens (tertiary/aromatic N) is 2. The third-order valence-corrected chi connectivity index (χ3v) is 4.69. The van der Waals surface area contributed by atoms with Gasteiger partial charge in [0.1, 0.15) is 0 Å². The van der Waals surface area contributed by atoms with Gasteiger partial charge in [-0.1, -0.05) is 6.07 Å². The molecule has 0 radical (unpaired) electrons. The minimum Gasteiger partial charge on any atom is -0.367 e. The summed E-state index contributed by atoms with van der Waals surface area (Å²) in [6.45, 7) is 6.43. The quantitative estimate of drug-likeness (QED) is 0.940. The van der Waals surface area contributed by atoms with Gasteiger partial charge in [0.2, 0.25) is 5.91 Å². The molecule has 1 saturated heterocycles. The van der Waals surface area contributed by atoms with E-state index in [2.05, 4.69) is 4.98 Å². The number of carbonyl (C=O) groups is 2. The van der Waals surface area contributed by atoms with Crippen molar-refractivity contribution in [2.24, 2.45) is 0 Å². The summed E-state index contributed by atoms with van der Waals surface area (Å²) in [5.74, 6) is 0.170. The van der Waals surface area contributed by atoms with E-state index in [1.165, 1.54) is 5.56 Å². The number of aromatic amines is 1. The zero-order valence-electron chi connectivity index (χ0n) is 14.2. The maximum absolute atomic E-state index is 12.6. The molecule has 2 aromatic rings. The van der Waals surface area contributed by atoms with E-state index in [0.29, 0.717) is 32.6 Å². The first-order valence-corrected chi connectivity index (χ1v) is 8.30. The Morgan fingerprint density at radius 2 is 1.71 bits per heavy atom. The highest BCUT2D eigenvalue weighted by Crippen LogP contribution is 2.14. The van der Waals surface area contributed by atoms with E-state index in [1.807, 2.05) is 60.3 Å². The van der Waals surface area contributed by atoms with Crippen LogP contribution in [0, 0.1) is 13.8 Å². The first kappa shape index (κ1) is 16.3. The Morgan fingerprint density at radius 1 is 1.00 bits per heavy atom. The molecule has 2 amide bonds. The van der Waals surface area contributed by atoms with E-state index in [0.717, 1.165) is 16.7 Å². The highest BCUT2D eigenvalue weighted by atomic mass is 16.2. The summed E-state index contributed by atoms with van der Waals surface area (Å²) in [7, 11) is 0. The predicted octanol–water partition coefficient (Wildman–Crippen LogP) is 2.16. The topological polar surface area (TPSA) is 56.4 Å². The van der Waals surface area contributed by atoms with Crippen molar-refractivity contribution >= 4 is 11.8 Å². The number of hydrogen-bond donors (Lipinski definition) is 1. The third-order valence-electron chi connectivity index (χ3n) is 4.69. The Morgan fingerprint density at radius 3 is 2.33 bits per heavy atom. The molecule has 1 fully saturated rings. The average molecular weight is 325 g/mol. The maximum atomic E-state index is 12.6. The molecule has 0 unspecified atom stereocenters. The van der Waals surface area contributed by atoms with Gasteiger partial charge in [-0.25, -0.2) is 0 Å². The van der Waals surface area contributed by atoms with Crippen LogP contribution in [0.15, 0.2) is 36.7 Å². The SMILES string of the molecule is Cc1ccc(C(=O)N2CCN(C(=O)Cc3cc[nH]c3)CC2)cc1C. The number of aryl methyl sites for hydroxylation is 2. The highest BCUT2D eigenvalue weighted by molar-refractivity contribution is 5.94. The van der Waals surface area contributed by atoms with Crippen molar-refractivity contribution in [2.75, 3.05) is 26.2 Å². The molecule has 5 heteroatoms. The number of H-pyrrole nitrogens is 1. The van der Waals surface area contributed by atoms with E-state index < -0.39 is 0 Å². The van der Waals surface area contributed by atoms with Gasteiger partial charge in [-0.15, -0.1) is 0 Å². The fraction of sp³-hybridized carbons (Fsp3) is 0.368. The summed E-state index contributed by atoms with van der Waals surface area (Å²) in [4.78, 5) is 31.6. The molecule has 5 nitrogen and oxygen atoms in total. The second-order valence-corrected chi connectivity index (χ2v) is 6.37. The summed E-state index contributed by atoms with van der Waals surface area (Å²) in [5, 5.41) is 0. The number of rotatable bonds is 3. The monoisotopic (exact) mass is 325 g/mol. The van der Waals surface area contributed by atoms with Crippen LogP contribution in [-0.2, 0) is 11.2 Å². The fourth-order valence-electron chi connectivity index (χ4n) is 2.97. The number of aromatic nitrogens is 1. The first-order chi connectivity index (χ1) is 11.5. The number of piperazine rings is 1. The first-order valence-electron chi connectivity index (χ1n) is 8.30. The fourth-order valence-corrected chi connectivity index (χ4v) is 2.97. The van der Waals surface area contributed by atoms with Crippen molar-refractivity contribution in [1.29, 1.82) is 0 Å². The molecule has 1 N–H and O–H groups in total. The van der Waals surface area contributed by atoms with Gasteiger partial charge in [-0.3, -0.25) is 9.59 Å². The zero-order chi connectivity index (χ0) is 17.1. The van der Waals surface area contributed by atoms with Crippen LogP contribution >= 0.6 is 0 Å². The Labute approximate surface area is 142 Å². The van der Waals surface area contributed by atoms with Crippen LogP contribution in [0.5, 0.6) is 0 Å². The molecule has 24 heavy (non-hydrogen) atoms. The molecule has 1 aliphatic heterocycles. The molecule has 0 spiro atoms. The van der Waals surface area contributed by atoms with Gasteiger partial charge < -0.3 is 14.8 Å². The molecule has 1 aromatic carbocycles.